The fourth-order valence-electron chi connectivity index (χ4n) is 12.2. The Hall–Kier alpha value is -3.46. The number of phosphoric ester groups is 1. The summed E-state index contributed by atoms with van der Waals surface area (Å²) in [4.78, 5) is 61.3. The molecule has 14 nitrogen and oxygen atoms in total. The second-order valence-corrected chi connectivity index (χ2v) is 19.7. The van der Waals surface area contributed by atoms with E-state index in [2.05, 4.69) is 19.2 Å². The van der Waals surface area contributed by atoms with Gasteiger partial charge in [0.25, 0.3) is 0 Å². The first kappa shape index (κ1) is 43.2. The Morgan fingerprint density at radius 1 is 1.10 bits per heavy atom. The smallest absolute Gasteiger partial charge is 0.458 e. The lowest BCUT2D eigenvalue weighted by Gasteiger charge is -2.59. The number of phosphoric acid groups is 1. The summed E-state index contributed by atoms with van der Waals surface area (Å²) in [6, 6.07) is 4.60. The van der Waals surface area contributed by atoms with Gasteiger partial charge in [-0.2, -0.15) is 0 Å². The number of nitrogens with one attached hydrogen (secondary N) is 1. The number of allylic oxidation sites excluding steroid dienone is 6. The van der Waals surface area contributed by atoms with Crippen molar-refractivity contribution in [2.45, 2.75) is 115 Å². The first-order valence-electron chi connectivity index (χ1n) is 21.5. The number of esters is 1. The molecule has 5 N–H and O–H groups in total. The van der Waals surface area contributed by atoms with Crippen LogP contribution in [0.1, 0.15) is 95.3 Å². The van der Waals surface area contributed by atoms with Gasteiger partial charge in [-0.05, 0) is 87.3 Å². The van der Waals surface area contributed by atoms with Crippen molar-refractivity contribution >= 4 is 25.4 Å². The van der Waals surface area contributed by atoms with Crippen LogP contribution in [0.25, 0.3) is 0 Å². The van der Waals surface area contributed by atoms with Crippen LogP contribution in [0.15, 0.2) is 66.6 Å². The molecule has 0 spiro atoms. The number of hydrogen-bond donors (Lipinski definition) is 5. The molecule has 0 bridgehead atoms. The number of ether oxygens (including phenoxy) is 3. The van der Waals surface area contributed by atoms with Crippen LogP contribution in [0.4, 0.5) is 0 Å². The monoisotopic (exact) mass is 850 g/mol. The predicted molar refractivity (Wildman–Crippen MR) is 218 cm³/mol. The third-order valence-corrected chi connectivity index (χ3v) is 15.4. The zero-order valence-corrected chi connectivity index (χ0v) is 35.5. The number of benzene rings is 1. The van der Waals surface area contributed by atoms with Gasteiger partial charge < -0.3 is 39.2 Å². The molecule has 2 heterocycles. The molecule has 10 atom stereocenters. The standard InChI is InChI=1S/C45H59N2O12P/c1-43-16-13-32(48)21-31(43)10-11-33-34-22-39-45(44(34,2)23-35(49)41(33)43,58-42(57-39)28-7-5-4-6-8-28)38(51)26-56-40(52)19-27-14-17-47(18-15-27)25-30-20-29(36(50)24-46-3)9-12-37(30)59-60(53,54)55/h9,12-18,20-21,27-28,33-36,39,41-42,46,49-50H,4-8,10-11,19,22-26H2,1-3H3,(H2,53,54,55)/t33-,34-,35-,36-,39+,41+,42+,43-,44-,45+/m0/s1. The number of nitrogens with zero attached hydrogens (tertiary/aromatic N) is 1. The van der Waals surface area contributed by atoms with Crippen LogP contribution in [0.5, 0.6) is 5.75 Å². The minimum atomic E-state index is -4.86. The topological polar surface area (TPSA) is 201 Å². The van der Waals surface area contributed by atoms with Crippen molar-refractivity contribution in [1.82, 2.24) is 10.2 Å². The molecule has 60 heavy (non-hydrogen) atoms. The quantitative estimate of drug-likeness (QED) is 0.126. The SMILES string of the molecule is CNC[C@H](O)c1ccc(OP(=O)(O)O)c(CN2C=CC(CC(=O)OCC(=O)[C@@]34O[C@H](C5CCCCC5)O[C@@H]3C[C@H]3[C@@H]5CCC6=CC(=O)C=C[C@]6(C)[C@H]5[C@@H](O)C[C@@]34C)C=C2)c1. The van der Waals surface area contributed by atoms with Crippen molar-refractivity contribution in [2.75, 3.05) is 20.2 Å². The maximum Gasteiger partial charge on any atom is 0.524 e. The van der Waals surface area contributed by atoms with E-state index in [9.17, 15) is 38.9 Å². The van der Waals surface area contributed by atoms with Gasteiger partial charge in [-0.25, -0.2) is 4.57 Å². The summed E-state index contributed by atoms with van der Waals surface area (Å²) in [5, 5.41) is 25.5. The van der Waals surface area contributed by atoms with Gasteiger partial charge >= 0.3 is 13.8 Å². The molecule has 2 aliphatic heterocycles. The van der Waals surface area contributed by atoms with Gasteiger partial charge in [0, 0.05) is 53.1 Å². The van der Waals surface area contributed by atoms with Crippen molar-refractivity contribution in [1.29, 1.82) is 0 Å². The molecule has 1 saturated heterocycles. The normalized spacial score (nSPS) is 35.6. The lowest BCUT2D eigenvalue weighted by atomic mass is 9.46. The number of rotatable bonds is 13. The molecule has 1 aromatic carbocycles. The molecule has 7 aliphatic rings. The van der Waals surface area contributed by atoms with Gasteiger partial charge in [0.2, 0.25) is 5.78 Å². The van der Waals surface area contributed by atoms with E-state index in [0.29, 0.717) is 24.0 Å². The van der Waals surface area contributed by atoms with Gasteiger partial charge in [0.05, 0.1) is 31.3 Å². The molecule has 326 valence electrons. The minimum Gasteiger partial charge on any atom is -0.458 e. The van der Waals surface area contributed by atoms with E-state index in [4.69, 9.17) is 18.7 Å². The molecule has 4 saturated carbocycles. The number of likely N-dealkylation sites (N-methyl/N-ethyl adjacent to an activating group) is 1. The Kier molecular flexibility index (Phi) is 12.0. The average molecular weight is 851 g/mol. The second kappa shape index (κ2) is 16.7. The highest BCUT2D eigenvalue weighted by molar-refractivity contribution is 7.46. The Labute approximate surface area is 351 Å². The molecule has 0 amide bonds. The minimum absolute atomic E-state index is 0.00745. The summed E-state index contributed by atoms with van der Waals surface area (Å²) in [5.41, 5.74) is -0.599. The number of carbonyl (C=O) groups is 3. The van der Waals surface area contributed by atoms with Crippen molar-refractivity contribution in [2.24, 2.45) is 40.4 Å². The molecule has 5 fully saturated rings. The Morgan fingerprint density at radius 3 is 2.57 bits per heavy atom. The molecule has 0 aromatic heterocycles. The summed E-state index contributed by atoms with van der Waals surface area (Å²) in [7, 11) is -3.15. The fourth-order valence-corrected chi connectivity index (χ4v) is 12.6. The zero-order chi connectivity index (χ0) is 42.6. The molecular weight excluding hydrogens is 791 g/mol. The van der Waals surface area contributed by atoms with Crippen LogP contribution in [0.2, 0.25) is 0 Å². The van der Waals surface area contributed by atoms with E-state index in [0.717, 1.165) is 50.5 Å². The number of Topliss-reactive ketones (excluding diaryl/α,β-unsaturated/α-hetero) is 1. The highest BCUT2D eigenvalue weighted by Gasteiger charge is 2.76. The summed E-state index contributed by atoms with van der Waals surface area (Å²) in [6.45, 7) is 4.15. The summed E-state index contributed by atoms with van der Waals surface area (Å²) < 4.78 is 36.2. The van der Waals surface area contributed by atoms with Crippen LogP contribution in [0.3, 0.4) is 0 Å². The van der Waals surface area contributed by atoms with Gasteiger partial charge in [-0.15, -0.1) is 0 Å². The van der Waals surface area contributed by atoms with Gasteiger partial charge in [-0.1, -0.05) is 63.0 Å². The number of aliphatic hydroxyl groups is 2. The van der Waals surface area contributed by atoms with E-state index in [1.165, 1.54) is 6.07 Å². The van der Waals surface area contributed by atoms with Crippen molar-refractivity contribution in [3.63, 3.8) is 0 Å². The average Bonchev–Trinajstić information content (AvgIpc) is 3.71. The lowest BCUT2D eigenvalue weighted by Crippen LogP contribution is -2.63. The third-order valence-electron chi connectivity index (χ3n) is 15.0. The fraction of sp³-hybridized carbons (Fsp3) is 0.622. The molecule has 15 heteroatoms. The zero-order valence-electron chi connectivity index (χ0n) is 34.6. The Morgan fingerprint density at radius 2 is 1.85 bits per heavy atom. The molecule has 1 aromatic rings. The first-order chi connectivity index (χ1) is 28.5. The van der Waals surface area contributed by atoms with Gasteiger partial charge in [0.1, 0.15) is 5.75 Å². The molecule has 0 unspecified atom stereocenters. The number of fused-ring (bicyclic) bond motifs is 7. The van der Waals surface area contributed by atoms with Crippen molar-refractivity contribution < 1.29 is 57.7 Å². The number of aliphatic hydroxyl groups excluding tert-OH is 2. The van der Waals surface area contributed by atoms with E-state index >= 15 is 0 Å². The van der Waals surface area contributed by atoms with Crippen LogP contribution in [0, 0.1) is 40.4 Å². The van der Waals surface area contributed by atoms with E-state index in [1.54, 1.807) is 60.8 Å². The van der Waals surface area contributed by atoms with Crippen LogP contribution < -0.4 is 9.84 Å². The maximum absolute atomic E-state index is 14.8. The molecule has 8 rings (SSSR count). The number of carbonyl (C=O) groups excluding carboxylic acids is 3. The number of hydrogen-bond acceptors (Lipinski definition) is 12. The Bertz CT molecular complexity index is 2010. The second-order valence-electron chi connectivity index (χ2n) is 18.5. The molecule has 5 aliphatic carbocycles. The lowest BCUT2D eigenvalue weighted by molar-refractivity contribution is -0.210. The molecule has 0 radical (unpaired) electrons. The largest absolute Gasteiger partial charge is 0.524 e. The van der Waals surface area contributed by atoms with Gasteiger partial charge in [0.15, 0.2) is 24.3 Å². The van der Waals surface area contributed by atoms with Crippen LogP contribution >= 0.6 is 7.82 Å². The summed E-state index contributed by atoms with van der Waals surface area (Å²) >= 11 is 0. The van der Waals surface area contributed by atoms with E-state index in [-0.39, 0.29) is 66.4 Å². The summed E-state index contributed by atoms with van der Waals surface area (Å²) in [6.07, 6.45) is 17.4. The van der Waals surface area contributed by atoms with Crippen LogP contribution in [-0.4, -0.2) is 86.7 Å². The highest BCUT2D eigenvalue weighted by Crippen LogP contribution is 2.70. The van der Waals surface area contributed by atoms with E-state index < -0.39 is 61.4 Å². The van der Waals surface area contributed by atoms with Crippen LogP contribution in [-0.2, 0) is 39.7 Å². The number of ketones is 2. The maximum atomic E-state index is 14.8. The van der Waals surface area contributed by atoms with E-state index in [1.807, 2.05) is 6.08 Å². The third kappa shape index (κ3) is 7.92. The van der Waals surface area contributed by atoms with Crippen molar-refractivity contribution in [3.8, 4) is 5.75 Å². The predicted octanol–water partition coefficient (Wildman–Crippen LogP) is 5.32. The highest BCUT2D eigenvalue weighted by atomic mass is 31.2. The van der Waals surface area contributed by atoms with Gasteiger partial charge in [-0.3, -0.25) is 24.2 Å². The van der Waals surface area contributed by atoms with Crippen molar-refractivity contribution in [3.05, 3.63) is 77.7 Å². The Balaban J connectivity index is 0.952. The molecular formula is C45H59N2O12P. The summed E-state index contributed by atoms with van der Waals surface area (Å²) in [5.74, 6) is -1.17. The first-order valence-corrected chi connectivity index (χ1v) is 23.0.